The number of hydrogen-bond donors (Lipinski definition) is 0. The number of rotatable bonds is 0. The highest BCUT2D eigenvalue weighted by Crippen LogP contribution is 2.38. The lowest BCUT2D eigenvalue weighted by Crippen LogP contribution is -2.38. The van der Waals surface area contributed by atoms with Crippen molar-refractivity contribution in [2.75, 3.05) is 18.1 Å². The van der Waals surface area contributed by atoms with E-state index >= 15 is 0 Å². The van der Waals surface area contributed by atoms with Gasteiger partial charge in [-0.25, -0.2) is 4.98 Å². The summed E-state index contributed by atoms with van der Waals surface area (Å²) in [5.41, 5.74) is 0. The molecular weight excluding hydrogens is 291 g/mol. The molecule has 1 aromatic rings. The molecule has 4 heteroatoms. The Bertz CT molecular complexity index is 369. The predicted molar refractivity (Wildman–Crippen MR) is 62.5 cm³/mol. The van der Waals surface area contributed by atoms with Gasteiger partial charge in [0, 0.05) is 12.7 Å². The van der Waals surface area contributed by atoms with Crippen LogP contribution in [0.2, 0.25) is 0 Å². The molecule has 1 atom stereocenters. The number of hydrogen-bond acceptors (Lipinski definition) is 3. The molecule has 0 aromatic carbocycles. The highest BCUT2D eigenvalue weighted by molar-refractivity contribution is 14.1. The highest BCUT2D eigenvalue weighted by atomic mass is 127. The first kappa shape index (κ1) is 8.76. The van der Waals surface area contributed by atoms with Crippen LogP contribution in [-0.4, -0.2) is 24.2 Å². The van der Waals surface area contributed by atoms with Crippen LogP contribution < -0.4 is 9.64 Å². The zero-order valence-electron chi connectivity index (χ0n) is 7.61. The van der Waals surface area contributed by atoms with Crippen LogP contribution >= 0.6 is 22.6 Å². The minimum Gasteiger partial charge on any atom is -0.486 e. The summed E-state index contributed by atoms with van der Waals surface area (Å²) < 4.78 is 6.89. The van der Waals surface area contributed by atoms with Crippen LogP contribution in [0.1, 0.15) is 6.42 Å². The smallest absolute Gasteiger partial charge is 0.175 e. The van der Waals surface area contributed by atoms with Gasteiger partial charge in [0.25, 0.3) is 0 Å². The number of aromatic nitrogens is 1. The van der Waals surface area contributed by atoms with Gasteiger partial charge in [-0.05, 0) is 41.5 Å². The quantitative estimate of drug-likeness (QED) is 0.684. The van der Waals surface area contributed by atoms with Crippen LogP contribution in [-0.2, 0) is 0 Å². The molecule has 2 aliphatic heterocycles. The molecule has 0 amide bonds. The van der Waals surface area contributed by atoms with Gasteiger partial charge in [-0.3, -0.25) is 0 Å². The van der Waals surface area contributed by atoms with Crippen molar-refractivity contribution in [3.05, 3.63) is 22.3 Å². The van der Waals surface area contributed by atoms with Crippen LogP contribution in [0.5, 0.6) is 5.75 Å². The zero-order chi connectivity index (χ0) is 9.54. The summed E-state index contributed by atoms with van der Waals surface area (Å²) in [7, 11) is 0. The fourth-order valence-electron chi connectivity index (χ4n) is 2.03. The lowest BCUT2D eigenvalue weighted by Gasteiger charge is -2.32. The molecule has 3 heterocycles. The van der Waals surface area contributed by atoms with Crippen molar-refractivity contribution in [1.82, 2.24) is 4.98 Å². The van der Waals surface area contributed by atoms with Crippen LogP contribution in [0.15, 0.2) is 12.3 Å². The van der Waals surface area contributed by atoms with Crippen molar-refractivity contribution in [3.8, 4) is 5.75 Å². The molecule has 0 spiro atoms. The predicted octanol–water partition coefficient (Wildman–Crippen LogP) is 1.86. The number of nitrogens with zero attached hydrogens (tertiary/aromatic N) is 2. The van der Waals surface area contributed by atoms with Crippen molar-refractivity contribution in [1.29, 1.82) is 0 Å². The third kappa shape index (κ3) is 1.20. The van der Waals surface area contributed by atoms with Crippen LogP contribution in [0.25, 0.3) is 0 Å². The first-order valence-corrected chi connectivity index (χ1v) is 5.80. The van der Waals surface area contributed by atoms with E-state index in [4.69, 9.17) is 4.74 Å². The van der Waals surface area contributed by atoms with Gasteiger partial charge in [0.15, 0.2) is 11.6 Å². The van der Waals surface area contributed by atoms with E-state index in [1.165, 1.54) is 0 Å². The Morgan fingerprint density at radius 1 is 1.57 bits per heavy atom. The SMILES string of the molecule is Ic1ccnc2c1OC[C@@H]1C[CH]CN21. The van der Waals surface area contributed by atoms with Gasteiger partial charge in [-0.15, -0.1) is 0 Å². The Hall–Kier alpha value is -0.520. The van der Waals surface area contributed by atoms with Crippen molar-refractivity contribution < 1.29 is 4.74 Å². The Labute approximate surface area is 96.6 Å². The molecule has 1 fully saturated rings. The summed E-state index contributed by atoms with van der Waals surface area (Å²) >= 11 is 2.30. The van der Waals surface area contributed by atoms with Crippen LogP contribution in [0.4, 0.5) is 5.82 Å². The van der Waals surface area contributed by atoms with E-state index in [2.05, 4.69) is 38.9 Å². The number of anilines is 1. The maximum atomic E-state index is 5.74. The third-order valence-corrected chi connectivity index (χ3v) is 3.58. The van der Waals surface area contributed by atoms with Crippen molar-refractivity contribution in [2.45, 2.75) is 12.5 Å². The molecule has 3 nitrogen and oxygen atoms in total. The number of halogens is 1. The Balaban J connectivity index is 2.09. The lowest BCUT2D eigenvalue weighted by atomic mass is 10.2. The molecule has 0 unspecified atom stereocenters. The van der Waals surface area contributed by atoms with E-state index in [0.29, 0.717) is 6.04 Å². The Kier molecular flexibility index (Phi) is 2.04. The van der Waals surface area contributed by atoms with Gasteiger partial charge in [0.2, 0.25) is 0 Å². The number of ether oxygens (including phenoxy) is 1. The molecule has 1 radical (unpaired) electrons. The zero-order valence-corrected chi connectivity index (χ0v) is 9.77. The molecule has 0 N–H and O–H groups in total. The Morgan fingerprint density at radius 3 is 3.43 bits per heavy atom. The first-order chi connectivity index (χ1) is 6.86. The highest BCUT2D eigenvalue weighted by Gasteiger charge is 2.33. The van der Waals surface area contributed by atoms with Gasteiger partial charge in [-0.1, -0.05) is 0 Å². The summed E-state index contributed by atoms with van der Waals surface area (Å²) in [5, 5.41) is 0. The molecule has 2 aliphatic rings. The van der Waals surface area contributed by atoms with E-state index in [1.54, 1.807) is 0 Å². The molecule has 0 aliphatic carbocycles. The lowest BCUT2D eigenvalue weighted by molar-refractivity contribution is 0.269. The topological polar surface area (TPSA) is 25.4 Å². The van der Waals surface area contributed by atoms with E-state index in [-0.39, 0.29) is 0 Å². The number of fused-ring (bicyclic) bond motifs is 3. The molecule has 0 bridgehead atoms. The minimum absolute atomic E-state index is 0.508. The van der Waals surface area contributed by atoms with Gasteiger partial charge < -0.3 is 9.64 Å². The van der Waals surface area contributed by atoms with Crippen molar-refractivity contribution >= 4 is 28.4 Å². The second-order valence-corrected chi connectivity index (χ2v) is 4.75. The molecular formula is C10H10IN2O. The average Bonchev–Trinajstić information content (AvgIpc) is 2.66. The summed E-state index contributed by atoms with van der Waals surface area (Å²) in [6.45, 7) is 1.80. The average molecular weight is 301 g/mol. The van der Waals surface area contributed by atoms with Gasteiger partial charge in [0.1, 0.15) is 6.61 Å². The second kappa shape index (κ2) is 3.25. The van der Waals surface area contributed by atoms with E-state index in [9.17, 15) is 0 Å². The van der Waals surface area contributed by atoms with Crippen LogP contribution in [0, 0.1) is 9.99 Å². The van der Waals surface area contributed by atoms with Crippen molar-refractivity contribution in [3.63, 3.8) is 0 Å². The third-order valence-electron chi connectivity index (χ3n) is 2.74. The maximum Gasteiger partial charge on any atom is 0.175 e. The molecule has 1 aromatic heterocycles. The second-order valence-electron chi connectivity index (χ2n) is 3.59. The van der Waals surface area contributed by atoms with Gasteiger partial charge in [0.05, 0.1) is 9.61 Å². The van der Waals surface area contributed by atoms with E-state index in [1.807, 2.05) is 12.3 Å². The largest absolute Gasteiger partial charge is 0.486 e. The fraction of sp³-hybridized carbons (Fsp3) is 0.400. The summed E-state index contributed by atoms with van der Waals surface area (Å²) in [4.78, 5) is 6.73. The first-order valence-electron chi connectivity index (χ1n) is 4.72. The Morgan fingerprint density at radius 2 is 2.50 bits per heavy atom. The molecule has 3 rings (SSSR count). The number of pyridine rings is 1. The molecule has 1 saturated heterocycles. The molecule has 73 valence electrons. The maximum absolute atomic E-state index is 5.74. The fourth-order valence-corrected chi connectivity index (χ4v) is 2.59. The normalized spacial score (nSPS) is 24.1. The van der Waals surface area contributed by atoms with Gasteiger partial charge >= 0.3 is 0 Å². The van der Waals surface area contributed by atoms with E-state index < -0.39 is 0 Å². The van der Waals surface area contributed by atoms with Crippen molar-refractivity contribution in [2.24, 2.45) is 0 Å². The molecule has 0 saturated carbocycles. The minimum atomic E-state index is 0.508. The summed E-state index contributed by atoms with van der Waals surface area (Å²) in [6.07, 6.45) is 5.27. The van der Waals surface area contributed by atoms with Gasteiger partial charge in [-0.2, -0.15) is 0 Å². The summed E-state index contributed by atoms with van der Waals surface area (Å²) in [6, 6.07) is 2.49. The molecule has 14 heavy (non-hydrogen) atoms. The standard InChI is InChI=1S/C10H10IN2O/c11-8-3-4-12-10-9(8)14-6-7-2-1-5-13(7)10/h1,3-4,7H,2,5-6H2/t7-/m0/s1. The van der Waals surface area contributed by atoms with Crippen LogP contribution in [0.3, 0.4) is 0 Å². The summed E-state index contributed by atoms with van der Waals surface area (Å²) in [5.74, 6) is 1.97. The monoisotopic (exact) mass is 301 g/mol. The van der Waals surface area contributed by atoms with E-state index in [0.717, 1.165) is 34.7 Å².